The van der Waals surface area contributed by atoms with E-state index >= 15 is 0 Å². The van der Waals surface area contributed by atoms with E-state index in [1.54, 1.807) is 6.08 Å². The van der Waals surface area contributed by atoms with E-state index in [-0.39, 0.29) is 36.5 Å². The molecule has 3 fully saturated rings. The molecule has 3 aromatic rings. The van der Waals surface area contributed by atoms with Crippen LogP contribution in [-0.4, -0.2) is 43.4 Å². The van der Waals surface area contributed by atoms with Gasteiger partial charge >= 0.3 is 0 Å². The Balaban J connectivity index is 1.37. The average Bonchev–Trinajstić information content (AvgIpc) is 3.33. The number of alkyl halides is 2. The molecule has 1 saturated carbocycles. The number of nitrogens with zero attached hydrogens (tertiary/aromatic N) is 2. The van der Waals surface area contributed by atoms with E-state index in [4.69, 9.17) is 23.2 Å². The lowest BCUT2D eigenvalue weighted by Crippen LogP contribution is -2.60. The number of phenols is 1. The number of rotatable bonds is 4. The zero-order valence-corrected chi connectivity index (χ0v) is 24.4. The largest absolute Gasteiger partial charge is 0.505 e. The Morgan fingerprint density at radius 3 is 2.25 bits per heavy atom. The molecule has 2 saturated heterocycles. The van der Waals surface area contributed by atoms with Gasteiger partial charge in [0, 0.05) is 5.92 Å². The third kappa shape index (κ3) is 3.85. The van der Waals surface area contributed by atoms with Gasteiger partial charge in [-0.1, -0.05) is 48.0 Å². The third-order valence-electron chi connectivity index (χ3n) is 9.48. The molecule has 3 aromatic carbocycles. The zero-order chi connectivity index (χ0) is 31.1. The van der Waals surface area contributed by atoms with Crippen LogP contribution in [0.25, 0.3) is 0 Å². The van der Waals surface area contributed by atoms with Crippen molar-refractivity contribution in [2.45, 2.75) is 35.1 Å². The number of benzene rings is 3. The standard InChI is InChI=1S/C33H24Cl2F2N2O5/c34-32-15-23-21(11-12-22-26(23)29(42)38(28(22)41)16-17-4-2-1-3-5-17)27(18-6-13-25(40)24(37)14-18)33(32,35)31(44)39(30(32)43)20-9-7-19(36)8-10-20/h1-11,13-14,22-23,26-27,40H,12,15-16H2. The fourth-order valence-electron chi connectivity index (χ4n) is 7.46. The number of carbonyl (C=O) groups is 4. The normalized spacial score (nSPS) is 31.1. The van der Waals surface area contributed by atoms with Crippen LogP contribution in [0.15, 0.2) is 84.4 Å². The number of aromatic hydroxyl groups is 1. The number of hydrogen-bond donors (Lipinski definition) is 1. The van der Waals surface area contributed by atoms with Gasteiger partial charge in [-0.05, 0) is 66.3 Å². The van der Waals surface area contributed by atoms with Gasteiger partial charge in [0.25, 0.3) is 11.8 Å². The van der Waals surface area contributed by atoms with Crippen LogP contribution in [0.5, 0.6) is 5.75 Å². The highest BCUT2D eigenvalue weighted by molar-refractivity contribution is 6.58. The number of fused-ring (bicyclic) bond motifs is 4. The molecule has 0 spiro atoms. The van der Waals surface area contributed by atoms with Crippen molar-refractivity contribution in [1.29, 1.82) is 0 Å². The molecular formula is C33H24Cl2F2N2O5. The first kappa shape index (κ1) is 28.7. The molecule has 4 amide bonds. The molecule has 2 aliphatic carbocycles. The topological polar surface area (TPSA) is 95.0 Å². The van der Waals surface area contributed by atoms with Crippen molar-refractivity contribution in [3.05, 3.63) is 107 Å². The van der Waals surface area contributed by atoms with Crippen LogP contribution in [0.2, 0.25) is 0 Å². The molecule has 0 radical (unpaired) electrons. The molecule has 7 rings (SSSR count). The van der Waals surface area contributed by atoms with Gasteiger partial charge in [0.05, 0.1) is 24.1 Å². The van der Waals surface area contributed by atoms with Gasteiger partial charge in [-0.3, -0.25) is 24.1 Å². The summed E-state index contributed by atoms with van der Waals surface area (Å²) in [5, 5.41) is 9.93. The number of imide groups is 2. The maximum Gasteiger partial charge on any atom is 0.258 e. The van der Waals surface area contributed by atoms with Crippen LogP contribution >= 0.6 is 23.2 Å². The summed E-state index contributed by atoms with van der Waals surface area (Å²) < 4.78 is 28.6. The van der Waals surface area contributed by atoms with Gasteiger partial charge in [0.15, 0.2) is 21.3 Å². The highest BCUT2D eigenvalue weighted by atomic mass is 35.5. The van der Waals surface area contributed by atoms with E-state index in [1.165, 1.54) is 23.1 Å². The minimum atomic E-state index is -2.19. The summed E-state index contributed by atoms with van der Waals surface area (Å²) in [6.45, 7) is 0.0708. The minimum absolute atomic E-state index is 0.0440. The number of anilines is 1. The maximum atomic E-state index is 14.8. The van der Waals surface area contributed by atoms with Crippen LogP contribution in [0.3, 0.4) is 0 Å². The summed E-state index contributed by atoms with van der Waals surface area (Å²) in [6.07, 6.45) is 1.66. The lowest BCUT2D eigenvalue weighted by Gasteiger charge is -2.50. The smallest absolute Gasteiger partial charge is 0.258 e. The minimum Gasteiger partial charge on any atom is -0.505 e. The molecule has 11 heteroatoms. The molecule has 7 nitrogen and oxygen atoms in total. The first-order valence-corrected chi connectivity index (χ1v) is 14.8. The predicted molar refractivity (Wildman–Crippen MR) is 157 cm³/mol. The van der Waals surface area contributed by atoms with E-state index in [2.05, 4.69) is 0 Å². The van der Waals surface area contributed by atoms with Gasteiger partial charge in [-0.2, -0.15) is 0 Å². The molecule has 1 N–H and O–H groups in total. The van der Waals surface area contributed by atoms with Crippen LogP contribution in [0, 0.1) is 29.4 Å². The number of halogens is 4. The number of phenolic OH excluding ortho intramolecular Hbond substituents is 1. The fourth-order valence-corrected chi connectivity index (χ4v) is 8.40. The number of likely N-dealkylation sites (tertiary alicyclic amines) is 1. The number of amides is 4. The van der Waals surface area contributed by atoms with Crippen LogP contribution in [0.4, 0.5) is 14.5 Å². The second-order valence-electron chi connectivity index (χ2n) is 11.7. The van der Waals surface area contributed by atoms with Gasteiger partial charge in [0.2, 0.25) is 11.8 Å². The quantitative estimate of drug-likeness (QED) is 0.234. The number of allylic oxidation sites excluding steroid dienone is 2. The molecule has 6 atom stereocenters. The summed E-state index contributed by atoms with van der Waals surface area (Å²) in [7, 11) is 0. The fraction of sp³-hybridized carbons (Fsp3) is 0.273. The first-order chi connectivity index (χ1) is 21.0. The molecule has 4 aliphatic rings. The van der Waals surface area contributed by atoms with Crippen LogP contribution < -0.4 is 4.90 Å². The van der Waals surface area contributed by atoms with Crippen molar-refractivity contribution in [2.75, 3.05) is 4.90 Å². The van der Waals surface area contributed by atoms with Crippen molar-refractivity contribution in [2.24, 2.45) is 17.8 Å². The van der Waals surface area contributed by atoms with Crippen molar-refractivity contribution in [3.63, 3.8) is 0 Å². The Hall–Kier alpha value is -4.08. The summed E-state index contributed by atoms with van der Waals surface area (Å²) in [5.41, 5.74) is 1.46. The Bertz CT molecular complexity index is 1780. The van der Waals surface area contributed by atoms with Crippen molar-refractivity contribution < 1.29 is 33.1 Å². The first-order valence-electron chi connectivity index (χ1n) is 14.1. The Morgan fingerprint density at radius 1 is 0.864 bits per heavy atom. The predicted octanol–water partition coefficient (Wildman–Crippen LogP) is 5.43. The molecule has 0 bridgehead atoms. The van der Waals surface area contributed by atoms with E-state index in [9.17, 15) is 33.1 Å². The Morgan fingerprint density at radius 2 is 1.57 bits per heavy atom. The zero-order valence-electron chi connectivity index (χ0n) is 22.9. The molecule has 2 heterocycles. The van der Waals surface area contributed by atoms with E-state index < -0.39 is 68.5 Å². The molecule has 2 aliphatic heterocycles. The SMILES string of the molecule is O=C1C2CC=C3C(CC4(Cl)C(=O)N(c5ccc(F)cc5)C(=O)C4(Cl)C3c3ccc(O)c(F)c3)C2C(=O)N1Cc1ccccc1. The van der Waals surface area contributed by atoms with Crippen molar-refractivity contribution >= 4 is 52.5 Å². The summed E-state index contributed by atoms with van der Waals surface area (Å²) in [6, 6.07) is 17.3. The van der Waals surface area contributed by atoms with Crippen molar-refractivity contribution in [3.8, 4) is 5.75 Å². The second-order valence-corrected chi connectivity index (χ2v) is 13.0. The summed E-state index contributed by atoms with van der Waals surface area (Å²) in [5.74, 6) is -8.33. The summed E-state index contributed by atoms with van der Waals surface area (Å²) >= 11 is 14.5. The molecule has 44 heavy (non-hydrogen) atoms. The average molecular weight is 637 g/mol. The monoisotopic (exact) mass is 636 g/mol. The second kappa shape index (κ2) is 9.97. The van der Waals surface area contributed by atoms with Gasteiger partial charge in [-0.25, -0.2) is 13.7 Å². The number of carbonyl (C=O) groups excluding carboxylic acids is 4. The lowest BCUT2D eigenvalue weighted by atomic mass is 9.56. The Kier molecular flexibility index (Phi) is 6.50. The van der Waals surface area contributed by atoms with E-state index in [1.807, 2.05) is 30.3 Å². The third-order valence-corrected chi connectivity index (χ3v) is 10.9. The number of hydrogen-bond acceptors (Lipinski definition) is 5. The van der Waals surface area contributed by atoms with Gasteiger partial charge in [-0.15, -0.1) is 23.2 Å². The highest BCUT2D eigenvalue weighted by Crippen LogP contribution is 2.65. The molecule has 224 valence electrons. The summed E-state index contributed by atoms with van der Waals surface area (Å²) in [4.78, 5) is 53.8. The Labute approximate surface area is 260 Å². The molecule has 6 unspecified atom stereocenters. The maximum absolute atomic E-state index is 14.8. The van der Waals surface area contributed by atoms with Crippen LogP contribution in [0.1, 0.15) is 29.9 Å². The highest BCUT2D eigenvalue weighted by Gasteiger charge is 2.76. The van der Waals surface area contributed by atoms with Gasteiger partial charge in [0.1, 0.15) is 5.82 Å². The van der Waals surface area contributed by atoms with Crippen LogP contribution in [-0.2, 0) is 25.7 Å². The van der Waals surface area contributed by atoms with E-state index in [0.29, 0.717) is 5.57 Å². The van der Waals surface area contributed by atoms with Gasteiger partial charge < -0.3 is 5.11 Å². The molecule has 0 aromatic heterocycles. The lowest BCUT2D eigenvalue weighted by molar-refractivity contribution is -0.141. The van der Waals surface area contributed by atoms with Crippen molar-refractivity contribution in [1.82, 2.24) is 4.90 Å². The molecular weight excluding hydrogens is 613 g/mol. The van der Waals surface area contributed by atoms with E-state index in [0.717, 1.165) is 34.7 Å².